The normalized spacial score (nSPS) is 20.6. The Hall–Kier alpha value is -3.94. The molecule has 160 valence electrons. The minimum Gasteiger partial charge on any atom is -0.464 e. The molecule has 8 heteroatoms. The maximum absolute atomic E-state index is 13.5. The standard InChI is InChI=1S/C24H21N5O3/c30-22-16-7-3-4-8-20(16)32-12-17(22)21-23(27-14-5-1-2-6-14)28-24(31)29(21)15-9-10-18-19(11-15)26-13-25-18/h3-4,7-14,21H,1-2,5-6H2,(H,25,26)(H,27,28,31). The van der Waals surface area contributed by atoms with E-state index in [0.717, 1.165) is 36.7 Å². The summed E-state index contributed by atoms with van der Waals surface area (Å²) < 4.78 is 5.79. The van der Waals surface area contributed by atoms with E-state index in [0.29, 0.717) is 28.1 Å². The molecule has 2 N–H and O–H groups in total. The number of aliphatic imine (C=N–C) groups is 1. The monoisotopic (exact) mass is 427 g/mol. The number of aromatic nitrogens is 2. The van der Waals surface area contributed by atoms with Gasteiger partial charge in [0.1, 0.15) is 23.7 Å². The molecule has 2 fully saturated rings. The zero-order valence-corrected chi connectivity index (χ0v) is 17.2. The number of fused-ring (bicyclic) bond motifs is 2. The molecule has 0 radical (unpaired) electrons. The van der Waals surface area contributed by atoms with Crippen LogP contribution in [-0.4, -0.2) is 27.9 Å². The average Bonchev–Trinajstić information content (AvgIpc) is 3.55. The summed E-state index contributed by atoms with van der Waals surface area (Å²) in [6.45, 7) is 0. The molecule has 1 saturated heterocycles. The number of para-hydroxylation sites is 1. The molecule has 1 atom stereocenters. The zero-order valence-electron chi connectivity index (χ0n) is 17.2. The maximum atomic E-state index is 13.5. The van der Waals surface area contributed by atoms with Crippen LogP contribution in [0.2, 0.25) is 0 Å². The van der Waals surface area contributed by atoms with Crippen molar-refractivity contribution in [3.05, 3.63) is 70.8 Å². The van der Waals surface area contributed by atoms with Crippen LogP contribution in [0, 0.1) is 0 Å². The lowest BCUT2D eigenvalue weighted by Crippen LogP contribution is -2.32. The lowest BCUT2D eigenvalue weighted by atomic mass is 10.0. The number of H-pyrrole nitrogens is 1. The molecular formula is C24H21N5O3. The summed E-state index contributed by atoms with van der Waals surface area (Å²) in [4.78, 5) is 40.4. The number of nitrogens with zero attached hydrogens (tertiary/aromatic N) is 3. The Morgan fingerprint density at radius 2 is 1.94 bits per heavy atom. The van der Waals surface area contributed by atoms with Crippen LogP contribution in [0.4, 0.5) is 10.5 Å². The van der Waals surface area contributed by atoms with E-state index in [2.05, 4.69) is 15.3 Å². The van der Waals surface area contributed by atoms with Crippen LogP contribution in [-0.2, 0) is 0 Å². The van der Waals surface area contributed by atoms with Gasteiger partial charge in [0.2, 0.25) is 0 Å². The van der Waals surface area contributed by atoms with E-state index in [1.54, 1.807) is 29.4 Å². The molecule has 6 rings (SSSR count). The van der Waals surface area contributed by atoms with Crippen LogP contribution >= 0.6 is 0 Å². The van der Waals surface area contributed by atoms with Crippen LogP contribution in [0.3, 0.4) is 0 Å². The van der Waals surface area contributed by atoms with Crippen molar-refractivity contribution in [2.45, 2.75) is 37.8 Å². The second kappa shape index (κ2) is 7.33. The summed E-state index contributed by atoms with van der Waals surface area (Å²) in [5, 5.41) is 3.41. The highest BCUT2D eigenvalue weighted by atomic mass is 16.3. The smallest absolute Gasteiger partial charge is 0.328 e. The third-order valence-electron chi connectivity index (χ3n) is 6.30. The lowest BCUT2D eigenvalue weighted by Gasteiger charge is -2.23. The van der Waals surface area contributed by atoms with Crippen LogP contribution in [0.5, 0.6) is 0 Å². The number of benzene rings is 2. The molecule has 32 heavy (non-hydrogen) atoms. The van der Waals surface area contributed by atoms with Crippen molar-refractivity contribution in [3.8, 4) is 0 Å². The quantitative estimate of drug-likeness (QED) is 0.509. The van der Waals surface area contributed by atoms with Gasteiger partial charge in [0.15, 0.2) is 5.43 Å². The zero-order chi connectivity index (χ0) is 21.7. The fourth-order valence-corrected chi connectivity index (χ4v) is 4.72. The first kappa shape index (κ1) is 18.8. The molecular weight excluding hydrogens is 406 g/mol. The molecule has 2 aliphatic rings. The van der Waals surface area contributed by atoms with Gasteiger partial charge in [-0.05, 0) is 43.2 Å². The molecule has 3 heterocycles. The summed E-state index contributed by atoms with van der Waals surface area (Å²) in [6, 6.07) is 11.8. The first-order chi connectivity index (χ1) is 15.7. The van der Waals surface area contributed by atoms with E-state index in [9.17, 15) is 9.59 Å². The number of rotatable bonds is 3. The summed E-state index contributed by atoms with van der Waals surface area (Å²) >= 11 is 0. The number of carbonyl (C=O) groups is 1. The number of hydrogen-bond acceptors (Lipinski definition) is 5. The van der Waals surface area contributed by atoms with Gasteiger partial charge in [0, 0.05) is 5.69 Å². The second-order valence-corrected chi connectivity index (χ2v) is 8.28. The number of amides is 2. The highest BCUT2D eigenvalue weighted by Gasteiger charge is 2.41. The number of hydrogen-bond donors (Lipinski definition) is 2. The Labute approximate surface area is 183 Å². The lowest BCUT2D eigenvalue weighted by molar-refractivity contribution is 0.252. The summed E-state index contributed by atoms with van der Waals surface area (Å²) in [7, 11) is 0. The first-order valence-electron chi connectivity index (χ1n) is 10.8. The Balaban J connectivity index is 1.53. The van der Waals surface area contributed by atoms with Gasteiger partial charge < -0.3 is 9.40 Å². The Morgan fingerprint density at radius 1 is 1.09 bits per heavy atom. The highest BCUT2D eigenvalue weighted by Crippen LogP contribution is 2.34. The molecule has 1 unspecified atom stereocenters. The number of imidazole rings is 1. The van der Waals surface area contributed by atoms with Crippen molar-refractivity contribution in [1.29, 1.82) is 0 Å². The van der Waals surface area contributed by atoms with Gasteiger partial charge in [-0.2, -0.15) is 0 Å². The largest absolute Gasteiger partial charge is 0.464 e. The van der Waals surface area contributed by atoms with Crippen LogP contribution < -0.4 is 15.6 Å². The number of nitrogens with one attached hydrogen (secondary N) is 2. The number of urea groups is 1. The second-order valence-electron chi connectivity index (χ2n) is 8.28. The number of aromatic amines is 1. The minimum absolute atomic E-state index is 0.148. The van der Waals surface area contributed by atoms with E-state index >= 15 is 0 Å². The van der Waals surface area contributed by atoms with E-state index in [4.69, 9.17) is 9.41 Å². The summed E-state index contributed by atoms with van der Waals surface area (Å²) in [5.74, 6) is 0.495. The molecule has 1 aliphatic carbocycles. The van der Waals surface area contributed by atoms with Crippen molar-refractivity contribution in [1.82, 2.24) is 15.3 Å². The molecule has 0 spiro atoms. The van der Waals surface area contributed by atoms with Gasteiger partial charge in [-0.3, -0.25) is 20.0 Å². The topological polar surface area (TPSA) is 104 Å². The molecule has 2 aromatic heterocycles. The fourth-order valence-electron chi connectivity index (χ4n) is 4.72. The van der Waals surface area contributed by atoms with Crippen molar-refractivity contribution in [2.75, 3.05) is 4.90 Å². The molecule has 1 aliphatic heterocycles. The number of carbonyl (C=O) groups excluding carboxylic acids is 1. The van der Waals surface area contributed by atoms with Gasteiger partial charge in [-0.1, -0.05) is 25.0 Å². The third kappa shape index (κ3) is 2.98. The average molecular weight is 427 g/mol. The number of amidine groups is 1. The van der Waals surface area contributed by atoms with Crippen LogP contribution in [0.1, 0.15) is 37.3 Å². The Kier molecular flexibility index (Phi) is 4.31. The molecule has 4 aromatic rings. The van der Waals surface area contributed by atoms with Gasteiger partial charge in [-0.25, -0.2) is 9.78 Å². The summed E-state index contributed by atoms with van der Waals surface area (Å²) in [6.07, 6.45) is 7.29. The van der Waals surface area contributed by atoms with Crippen molar-refractivity contribution >= 4 is 39.6 Å². The van der Waals surface area contributed by atoms with E-state index < -0.39 is 6.04 Å². The number of anilines is 1. The van der Waals surface area contributed by atoms with Crippen LogP contribution in [0.15, 0.2) is 69.3 Å². The Bertz CT molecular complexity index is 1430. The highest BCUT2D eigenvalue weighted by molar-refractivity contribution is 6.17. The maximum Gasteiger partial charge on any atom is 0.328 e. The molecule has 1 saturated carbocycles. The Morgan fingerprint density at radius 3 is 2.81 bits per heavy atom. The van der Waals surface area contributed by atoms with Gasteiger partial charge >= 0.3 is 6.03 Å². The fraction of sp³-hybridized carbons (Fsp3) is 0.250. The van der Waals surface area contributed by atoms with Gasteiger partial charge in [0.05, 0.1) is 34.4 Å². The van der Waals surface area contributed by atoms with Crippen molar-refractivity contribution in [3.63, 3.8) is 0 Å². The van der Waals surface area contributed by atoms with Crippen LogP contribution in [0.25, 0.3) is 22.0 Å². The predicted octanol–water partition coefficient (Wildman–Crippen LogP) is 4.28. The first-order valence-corrected chi connectivity index (χ1v) is 10.8. The molecule has 8 nitrogen and oxygen atoms in total. The summed E-state index contributed by atoms with van der Waals surface area (Å²) in [5.41, 5.74) is 2.98. The van der Waals surface area contributed by atoms with Crippen molar-refractivity contribution in [2.24, 2.45) is 4.99 Å². The third-order valence-corrected chi connectivity index (χ3v) is 6.30. The van der Waals surface area contributed by atoms with E-state index in [1.807, 2.05) is 24.3 Å². The van der Waals surface area contributed by atoms with Crippen molar-refractivity contribution < 1.29 is 9.21 Å². The van der Waals surface area contributed by atoms with Gasteiger partial charge in [-0.15, -0.1) is 0 Å². The minimum atomic E-state index is -0.690. The van der Waals surface area contributed by atoms with E-state index in [-0.39, 0.29) is 17.5 Å². The molecule has 0 bridgehead atoms. The molecule has 2 amide bonds. The van der Waals surface area contributed by atoms with E-state index in [1.165, 1.54) is 6.26 Å². The van der Waals surface area contributed by atoms with Gasteiger partial charge in [0.25, 0.3) is 0 Å². The predicted molar refractivity (Wildman–Crippen MR) is 122 cm³/mol. The SMILES string of the molecule is O=C1NC(=NC2CCCC2)C(c2coc3ccccc3c2=O)N1c1ccc2nc[nH]c2c1. The molecule has 2 aromatic carbocycles.